The number of hydrogen-bond acceptors (Lipinski definition) is 5. The van der Waals surface area contributed by atoms with E-state index in [2.05, 4.69) is 0 Å². The lowest BCUT2D eigenvalue weighted by Gasteiger charge is -2.31. The number of sulfone groups is 1. The fourth-order valence-corrected chi connectivity index (χ4v) is 3.56. The Balaban J connectivity index is 2.87. The van der Waals surface area contributed by atoms with Crippen LogP contribution in [0.15, 0.2) is 0 Å². The predicted octanol–water partition coefficient (Wildman–Crippen LogP) is 1.51. The first-order valence-electron chi connectivity index (χ1n) is 7.09. The summed E-state index contributed by atoms with van der Waals surface area (Å²) >= 11 is 0. The number of rotatable bonds is 7. The minimum absolute atomic E-state index is 0.0322. The number of hydrogen-bond donors (Lipinski definition) is 1. The van der Waals surface area contributed by atoms with E-state index in [1.807, 2.05) is 0 Å². The number of methoxy groups -OCH3 is 1. The maximum Gasteiger partial charge on any atom is 0.313 e. The van der Waals surface area contributed by atoms with Crippen LogP contribution in [0.2, 0.25) is 0 Å². The van der Waals surface area contributed by atoms with E-state index in [1.54, 1.807) is 20.8 Å². The molecule has 0 aromatic carbocycles. The van der Waals surface area contributed by atoms with Crippen molar-refractivity contribution in [3.05, 3.63) is 0 Å². The number of nitrogens with two attached hydrogens (primary N) is 1. The Labute approximate surface area is 122 Å². The molecule has 0 aromatic heterocycles. The predicted molar refractivity (Wildman–Crippen MR) is 79.0 cm³/mol. The molecule has 1 aliphatic carbocycles. The molecular formula is C14H27NO4S. The van der Waals surface area contributed by atoms with Gasteiger partial charge in [-0.15, -0.1) is 0 Å². The molecular weight excluding hydrogens is 278 g/mol. The molecule has 1 unspecified atom stereocenters. The van der Waals surface area contributed by atoms with Crippen LogP contribution in [0.1, 0.15) is 46.5 Å². The Morgan fingerprint density at radius 3 is 2.20 bits per heavy atom. The third-order valence-electron chi connectivity index (χ3n) is 4.17. The van der Waals surface area contributed by atoms with Crippen molar-refractivity contribution in [2.24, 2.45) is 17.1 Å². The number of carbonyl (C=O) groups is 1. The smallest absolute Gasteiger partial charge is 0.313 e. The van der Waals surface area contributed by atoms with Gasteiger partial charge in [0, 0.05) is 6.54 Å². The first kappa shape index (κ1) is 17.4. The van der Waals surface area contributed by atoms with Crippen LogP contribution in [-0.2, 0) is 19.4 Å². The van der Waals surface area contributed by atoms with E-state index in [0.717, 1.165) is 12.8 Å². The van der Waals surface area contributed by atoms with Gasteiger partial charge >= 0.3 is 5.97 Å². The summed E-state index contributed by atoms with van der Waals surface area (Å²) in [5, 5.41) is 0. The van der Waals surface area contributed by atoms with Crippen LogP contribution in [-0.4, -0.2) is 38.5 Å². The van der Waals surface area contributed by atoms with Crippen molar-refractivity contribution in [2.45, 2.75) is 51.2 Å². The van der Waals surface area contributed by atoms with Crippen LogP contribution in [0, 0.1) is 11.3 Å². The van der Waals surface area contributed by atoms with E-state index in [-0.39, 0.29) is 24.7 Å². The maximum absolute atomic E-state index is 12.2. The minimum atomic E-state index is -3.26. The average molecular weight is 305 g/mol. The highest BCUT2D eigenvalue weighted by atomic mass is 32.2. The lowest BCUT2D eigenvalue weighted by atomic mass is 9.80. The minimum Gasteiger partial charge on any atom is -0.469 e. The average Bonchev–Trinajstić information content (AvgIpc) is 3.16. The zero-order valence-corrected chi connectivity index (χ0v) is 13.8. The third-order valence-corrected chi connectivity index (χ3v) is 6.78. The second-order valence-electron chi connectivity index (χ2n) is 6.80. The molecule has 1 atom stereocenters. The molecule has 118 valence electrons. The van der Waals surface area contributed by atoms with E-state index < -0.39 is 20.0 Å². The zero-order chi connectivity index (χ0) is 15.6. The summed E-state index contributed by atoms with van der Waals surface area (Å²) in [5.41, 5.74) is 4.95. The summed E-state index contributed by atoms with van der Waals surface area (Å²) in [7, 11) is -1.93. The van der Waals surface area contributed by atoms with E-state index in [0.29, 0.717) is 12.3 Å². The molecule has 5 nitrogen and oxygen atoms in total. The largest absolute Gasteiger partial charge is 0.469 e. The molecule has 2 N–H and O–H groups in total. The summed E-state index contributed by atoms with van der Waals surface area (Å²) in [6.07, 6.45) is 3.05. The fourth-order valence-electron chi connectivity index (χ4n) is 2.28. The Morgan fingerprint density at radius 2 is 1.85 bits per heavy atom. The SMILES string of the molecule is COC(=O)C(CN)(CCS(=O)(=O)C(C)(C)C)CC1CC1. The number of esters is 1. The first-order chi connectivity index (χ1) is 9.08. The van der Waals surface area contributed by atoms with Gasteiger partial charge in [0.25, 0.3) is 0 Å². The highest BCUT2D eigenvalue weighted by molar-refractivity contribution is 7.92. The van der Waals surface area contributed by atoms with Gasteiger partial charge in [0.05, 0.1) is 23.0 Å². The second kappa shape index (κ2) is 6.02. The Kier molecular flexibility index (Phi) is 5.24. The summed E-state index contributed by atoms with van der Waals surface area (Å²) in [6, 6.07) is 0. The van der Waals surface area contributed by atoms with Gasteiger partial charge in [-0.1, -0.05) is 12.8 Å². The molecule has 0 aliphatic heterocycles. The molecule has 20 heavy (non-hydrogen) atoms. The zero-order valence-electron chi connectivity index (χ0n) is 12.9. The van der Waals surface area contributed by atoms with Crippen LogP contribution in [0.4, 0.5) is 0 Å². The first-order valence-corrected chi connectivity index (χ1v) is 8.74. The van der Waals surface area contributed by atoms with Gasteiger partial charge in [-0.25, -0.2) is 8.42 Å². The summed E-state index contributed by atoms with van der Waals surface area (Å²) in [4.78, 5) is 12.1. The molecule has 0 heterocycles. The summed E-state index contributed by atoms with van der Waals surface area (Å²) in [5.74, 6) is 0.0706. The van der Waals surface area contributed by atoms with Crippen LogP contribution in [0.3, 0.4) is 0 Å². The third kappa shape index (κ3) is 3.95. The maximum atomic E-state index is 12.2. The monoisotopic (exact) mass is 305 g/mol. The van der Waals surface area contributed by atoms with Gasteiger partial charge in [-0.05, 0) is 39.5 Å². The molecule has 6 heteroatoms. The highest BCUT2D eigenvalue weighted by Crippen LogP contribution is 2.43. The lowest BCUT2D eigenvalue weighted by molar-refractivity contribution is -0.153. The van der Waals surface area contributed by atoms with Gasteiger partial charge in [-0.2, -0.15) is 0 Å². The van der Waals surface area contributed by atoms with Crippen molar-refractivity contribution >= 4 is 15.8 Å². The summed E-state index contributed by atoms with van der Waals surface area (Å²) < 4.78 is 28.5. The van der Waals surface area contributed by atoms with Crippen LogP contribution >= 0.6 is 0 Å². The van der Waals surface area contributed by atoms with Crippen molar-refractivity contribution in [3.8, 4) is 0 Å². The molecule has 0 radical (unpaired) electrons. The van der Waals surface area contributed by atoms with E-state index in [9.17, 15) is 13.2 Å². The van der Waals surface area contributed by atoms with Gasteiger partial charge in [-0.3, -0.25) is 4.79 Å². The van der Waals surface area contributed by atoms with Crippen molar-refractivity contribution in [2.75, 3.05) is 19.4 Å². The van der Waals surface area contributed by atoms with Gasteiger partial charge in [0.2, 0.25) is 0 Å². The van der Waals surface area contributed by atoms with Crippen LogP contribution < -0.4 is 5.73 Å². The molecule has 0 bridgehead atoms. The Morgan fingerprint density at radius 1 is 1.30 bits per heavy atom. The highest BCUT2D eigenvalue weighted by Gasteiger charge is 2.44. The molecule has 1 rings (SSSR count). The van der Waals surface area contributed by atoms with Crippen LogP contribution in [0.25, 0.3) is 0 Å². The topological polar surface area (TPSA) is 86.5 Å². The van der Waals surface area contributed by atoms with E-state index in [1.165, 1.54) is 7.11 Å². The molecule has 0 spiro atoms. The lowest BCUT2D eigenvalue weighted by Crippen LogP contribution is -2.43. The Bertz CT molecular complexity index is 448. The fraction of sp³-hybridized carbons (Fsp3) is 0.929. The normalized spacial score (nSPS) is 19.4. The quantitative estimate of drug-likeness (QED) is 0.720. The van der Waals surface area contributed by atoms with Crippen molar-refractivity contribution in [1.82, 2.24) is 0 Å². The van der Waals surface area contributed by atoms with Crippen molar-refractivity contribution in [1.29, 1.82) is 0 Å². The standard InChI is InChI=1S/C14H27NO4S/c1-13(2,3)20(17,18)8-7-14(10-15,12(16)19-4)9-11-5-6-11/h11H,5-10,15H2,1-4H3. The summed E-state index contributed by atoms with van der Waals surface area (Å²) in [6.45, 7) is 5.15. The van der Waals surface area contributed by atoms with Gasteiger partial charge in [0.1, 0.15) is 0 Å². The second-order valence-corrected chi connectivity index (χ2v) is 9.67. The van der Waals surface area contributed by atoms with Gasteiger partial charge < -0.3 is 10.5 Å². The van der Waals surface area contributed by atoms with E-state index in [4.69, 9.17) is 10.5 Å². The van der Waals surface area contributed by atoms with Crippen LogP contribution in [0.5, 0.6) is 0 Å². The molecule has 0 aromatic rings. The molecule has 0 amide bonds. The van der Waals surface area contributed by atoms with E-state index >= 15 is 0 Å². The molecule has 0 saturated heterocycles. The van der Waals surface area contributed by atoms with Gasteiger partial charge in [0.15, 0.2) is 9.84 Å². The van der Waals surface area contributed by atoms with Crippen molar-refractivity contribution < 1.29 is 17.9 Å². The van der Waals surface area contributed by atoms with Crippen molar-refractivity contribution in [3.63, 3.8) is 0 Å². The molecule has 1 saturated carbocycles. The number of ether oxygens (including phenoxy) is 1. The number of carbonyl (C=O) groups excluding carboxylic acids is 1. The Hall–Kier alpha value is -0.620. The molecule has 1 fully saturated rings. The molecule has 1 aliphatic rings.